The fourth-order valence-corrected chi connectivity index (χ4v) is 1.44. The topological polar surface area (TPSA) is 37.8 Å². The molecular formula is C6H9F2N3S. The van der Waals surface area contributed by atoms with Gasteiger partial charge < -0.3 is 5.32 Å². The van der Waals surface area contributed by atoms with E-state index in [1.807, 2.05) is 0 Å². The lowest BCUT2D eigenvalue weighted by molar-refractivity contribution is 0.0165. The second kappa shape index (κ2) is 3.40. The molecular weight excluding hydrogens is 184 g/mol. The quantitative estimate of drug-likeness (QED) is 0.787. The van der Waals surface area contributed by atoms with E-state index in [-0.39, 0.29) is 5.01 Å². The summed E-state index contributed by atoms with van der Waals surface area (Å²) in [4.78, 5) is 0. The molecule has 0 bridgehead atoms. The molecule has 68 valence electrons. The normalized spacial score (nSPS) is 12.0. The van der Waals surface area contributed by atoms with Crippen molar-refractivity contribution in [1.29, 1.82) is 0 Å². The first-order valence-corrected chi connectivity index (χ1v) is 4.21. The molecule has 0 fully saturated rings. The predicted octanol–water partition coefficient (Wildman–Crippen LogP) is 1.37. The van der Waals surface area contributed by atoms with Crippen molar-refractivity contribution in [2.45, 2.75) is 19.4 Å². The number of alkyl halides is 2. The Kier molecular flexibility index (Phi) is 2.69. The summed E-state index contributed by atoms with van der Waals surface area (Å²) in [6.07, 6.45) is 0. The van der Waals surface area contributed by atoms with E-state index >= 15 is 0 Å². The molecule has 0 saturated carbocycles. The molecule has 1 rings (SSSR count). The Hall–Kier alpha value is -0.620. The van der Waals surface area contributed by atoms with Crippen molar-refractivity contribution < 1.29 is 8.78 Å². The highest BCUT2D eigenvalue weighted by atomic mass is 32.1. The highest BCUT2D eigenvalue weighted by Gasteiger charge is 2.29. The molecule has 0 aliphatic heterocycles. The van der Waals surface area contributed by atoms with Gasteiger partial charge in [0, 0.05) is 13.5 Å². The average Bonchev–Trinajstić information content (AvgIpc) is 2.35. The first-order chi connectivity index (χ1) is 5.54. The molecule has 0 aliphatic rings. The molecule has 0 unspecified atom stereocenters. The smallest absolute Gasteiger partial charge is 0.298 e. The van der Waals surface area contributed by atoms with Gasteiger partial charge in [-0.05, 0) is 7.05 Å². The van der Waals surface area contributed by atoms with Crippen LogP contribution in [0.15, 0.2) is 0 Å². The van der Waals surface area contributed by atoms with Gasteiger partial charge in [0.05, 0.1) is 0 Å². The van der Waals surface area contributed by atoms with Crippen LogP contribution in [0.3, 0.4) is 0 Å². The number of aromatic nitrogens is 2. The molecule has 0 saturated heterocycles. The molecule has 1 heterocycles. The fourth-order valence-electron chi connectivity index (χ4n) is 0.654. The average molecular weight is 193 g/mol. The van der Waals surface area contributed by atoms with Crippen LogP contribution in [0, 0.1) is 0 Å². The van der Waals surface area contributed by atoms with Crippen LogP contribution in [0.1, 0.15) is 16.9 Å². The molecule has 0 amide bonds. The Labute approximate surface area is 72.8 Å². The third-order valence-electron chi connectivity index (χ3n) is 1.17. The Bertz CT molecular complexity index is 256. The Morgan fingerprint density at radius 1 is 1.50 bits per heavy atom. The van der Waals surface area contributed by atoms with E-state index < -0.39 is 5.92 Å². The maximum absolute atomic E-state index is 12.6. The van der Waals surface area contributed by atoms with E-state index in [0.29, 0.717) is 11.6 Å². The van der Waals surface area contributed by atoms with Gasteiger partial charge >= 0.3 is 0 Å². The lowest BCUT2D eigenvalue weighted by atomic mass is 10.4. The zero-order valence-electron chi connectivity index (χ0n) is 6.77. The first kappa shape index (κ1) is 9.47. The Morgan fingerprint density at radius 2 is 2.17 bits per heavy atom. The summed E-state index contributed by atoms with van der Waals surface area (Å²) in [5, 5.41) is 10.1. The van der Waals surface area contributed by atoms with E-state index in [0.717, 1.165) is 18.3 Å². The van der Waals surface area contributed by atoms with Crippen LogP contribution in [-0.2, 0) is 12.5 Å². The maximum Gasteiger partial charge on any atom is 0.298 e. The fraction of sp³-hybridized carbons (Fsp3) is 0.667. The number of halogens is 2. The second-order valence-electron chi connectivity index (χ2n) is 2.42. The SMILES string of the molecule is CNCc1nnc(C(C)(F)F)s1. The molecule has 0 atom stereocenters. The number of rotatable bonds is 3. The summed E-state index contributed by atoms with van der Waals surface area (Å²) in [6.45, 7) is 1.30. The van der Waals surface area contributed by atoms with Gasteiger partial charge in [-0.15, -0.1) is 10.2 Å². The molecule has 0 aromatic carbocycles. The third kappa shape index (κ3) is 2.18. The summed E-state index contributed by atoms with van der Waals surface area (Å²) in [5.41, 5.74) is 0. The van der Waals surface area contributed by atoms with Crippen molar-refractivity contribution in [3.63, 3.8) is 0 Å². The van der Waals surface area contributed by atoms with Crippen LogP contribution < -0.4 is 5.32 Å². The van der Waals surface area contributed by atoms with E-state index in [1.54, 1.807) is 7.05 Å². The molecule has 1 aromatic rings. The Balaban J connectivity index is 2.77. The zero-order valence-corrected chi connectivity index (χ0v) is 7.58. The summed E-state index contributed by atoms with van der Waals surface area (Å²) in [5.74, 6) is -2.87. The standard InChI is InChI=1S/C6H9F2N3S/c1-6(7,8)5-11-10-4(12-5)3-9-2/h9H,3H2,1-2H3. The molecule has 3 nitrogen and oxygen atoms in total. The van der Waals surface area contributed by atoms with E-state index in [1.165, 1.54) is 0 Å². The van der Waals surface area contributed by atoms with Crippen molar-refractivity contribution in [3.8, 4) is 0 Å². The minimum Gasteiger partial charge on any atom is -0.313 e. The zero-order chi connectivity index (χ0) is 9.19. The van der Waals surface area contributed by atoms with Gasteiger partial charge in [-0.2, -0.15) is 8.78 Å². The lowest BCUT2D eigenvalue weighted by Gasteiger charge is -2.02. The van der Waals surface area contributed by atoms with Gasteiger partial charge in [0.1, 0.15) is 5.01 Å². The molecule has 1 N–H and O–H groups in total. The largest absolute Gasteiger partial charge is 0.313 e. The van der Waals surface area contributed by atoms with Gasteiger partial charge in [0.15, 0.2) is 5.01 Å². The molecule has 1 aromatic heterocycles. The molecule has 0 radical (unpaired) electrons. The minimum absolute atomic E-state index is 0.229. The summed E-state index contributed by atoms with van der Waals surface area (Å²) in [6, 6.07) is 0. The predicted molar refractivity (Wildman–Crippen MR) is 42.2 cm³/mol. The van der Waals surface area contributed by atoms with Gasteiger partial charge in [-0.3, -0.25) is 0 Å². The monoisotopic (exact) mass is 193 g/mol. The summed E-state index contributed by atoms with van der Waals surface area (Å²) in [7, 11) is 1.73. The highest BCUT2D eigenvalue weighted by Crippen LogP contribution is 2.29. The number of hydrogen-bond donors (Lipinski definition) is 1. The van der Waals surface area contributed by atoms with Gasteiger partial charge in [0.25, 0.3) is 5.92 Å². The molecule has 0 aliphatic carbocycles. The third-order valence-corrected chi connectivity index (χ3v) is 2.27. The van der Waals surface area contributed by atoms with Crippen LogP contribution >= 0.6 is 11.3 Å². The van der Waals surface area contributed by atoms with Gasteiger partial charge in [0.2, 0.25) is 0 Å². The highest BCUT2D eigenvalue weighted by molar-refractivity contribution is 7.11. The van der Waals surface area contributed by atoms with Crippen LogP contribution in [-0.4, -0.2) is 17.2 Å². The van der Waals surface area contributed by atoms with Crippen LogP contribution in [0.4, 0.5) is 8.78 Å². The first-order valence-electron chi connectivity index (χ1n) is 3.39. The second-order valence-corrected chi connectivity index (χ2v) is 3.48. The van der Waals surface area contributed by atoms with Crippen molar-refractivity contribution in [3.05, 3.63) is 10.0 Å². The van der Waals surface area contributed by atoms with Crippen molar-refractivity contribution in [1.82, 2.24) is 15.5 Å². The lowest BCUT2D eigenvalue weighted by Crippen LogP contribution is -2.05. The van der Waals surface area contributed by atoms with Gasteiger partial charge in [-0.1, -0.05) is 11.3 Å². The van der Waals surface area contributed by atoms with Crippen LogP contribution in [0.25, 0.3) is 0 Å². The summed E-state index contributed by atoms with van der Waals surface area (Å²) < 4.78 is 25.2. The van der Waals surface area contributed by atoms with Crippen molar-refractivity contribution in [2.24, 2.45) is 0 Å². The summed E-state index contributed by atoms with van der Waals surface area (Å²) >= 11 is 0.930. The molecule has 12 heavy (non-hydrogen) atoms. The minimum atomic E-state index is -2.87. The Morgan fingerprint density at radius 3 is 2.58 bits per heavy atom. The van der Waals surface area contributed by atoms with E-state index in [9.17, 15) is 8.78 Å². The number of nitrogens with zero attached hydrogens (tertiary/aromatic N) is 2. The van der Waals surface area contributed by atoms with E-state index in [4.69, 9.17) is 0 Å². The van der Waals surface area contributed by atoms with E-state index in [2.05, 4.69) is 15.5 Å². The molecule has 6 heteroatoms. The number of nitrogens with one attached hydrogen (secondary N) is 1. The maximum atomic E-state index is 12.6. The van der Waals surface area contributed by atoms with Crippen molar-refractivity contribution >= 4 is 11.3 Å². The molecule has 0 spiro atoms. The van der Waals surface area contributed by atoms with Crippen LogP contribution in [0.2, 0.25) is 0 Å². The van der Waals surface area contributed by atoms with Crippen molar-refractivity contribution in [2.75, 3.05) is 7.05 Å². The number of hydrogen-bond acceptors (Lipinski definition) is 4. The van der Waals surface area contributed by atoms with Crippen LogP contribution in [0.5, 0.6) is 0 Å². The van der Waals surface area contributed by atoms with Gasteiger partial charge in [-0.25, -0.2) is 0 Å².